The maximum atomic E-state index is 11.7. The number of imidazole rings is 1. The Kier molecular flexibility index (Phi) is 4.63. The van der Waals surface area contributed by atoms with E-state index in [1.165, 1.54) is 5.70 Å². The smallest absolute Gasteiger partial charge is 0.303 e. The maximum absolute atomic E-state index is 11.7. The van der Waals surface area contributed by atoms with E-state index in [9.17, 15) is 19.8 Å². The highest BCUT2D eigenvalue weighted by molar-refractivity contribution is 5.69. The Bertz CT molecular complexity index is 801. The summed E-state index contributed by atoms with van der Waals surface area (Å²) in [4.78, 5) is 27.4. The molecular formula is C22H30N2O4. The van der Waals surface area contributed by atoms with Crippen molar-refractivity contribution in [1.82, 2.24) is 9.55 Å². The van der Waals surface area contributed by atoms with E-state index in [1.807, 2.05) is 25.6 Å². The Morgan fingerprint density at radius 1 is 1.18 bits per heavy atom. The molecule has 0 amide bonds. The SMILES string of the molecule is CC12CCC3C(CCC(CC(=O)O)C3(C)CC(=O)O)C1CC=C2n1ccnc1. The van der Waals surface area contributed by atoms with Gasteiger partial charge < -0.3 is 14.8 Å². The number of hydrogen-bond donors (Lipinski definition) is 2. The van der Waals surface area contributed by atoms with Crippen LogP contribution in [0.2, 0.25) is 0 Å². The minimum absolute atomic E-state index is 0.0609. The number of allylic oxidation sites excluding steroid dienone is 2. The first-order chi connectivity index (χ1) is 13.3. The van der Waals surface area contributed by atoms with Crippen LogP contribution in [0.4, 0.5) is 0 Å². The summed E-state index contributed by atoms with van der Waals surface area (Å²) >= 11 is 0. The third-order valence-corrected chi connectivity index (χ3v) is 8.34. The highest BCUT2D eigenvalue weighted by Gasteiger charge is 2.58. The first kappa shape index (κ1) is 19.2. The van der Waals surface area contributed by atoms with Crippen LogP contribution in [0.15, 0.2) is 24.8 Å². The zero-order chi connectivity index (χ0) is 20.1. The Morgan fingerprint density at radius 3 is 2.61 bits per heavy atom. The molecule has 2 N–H and O–H groups in total. The van der Waals surface area contributed by atoms with E-state index in [4.69, 9.17) is 0 Å². The minimum atomic E-state index is -0.814. The third-order valence-electron chi connectivity index (χ3n) is 8.34. The predicted octanol–water partition coefficient (Wildman–Crippen LogP) is 4.14. The van der Waals surface area contributed by atoms with Gasteiger partial charge in [-0.2, -0.15) is 0 Å². The predicted molar refractivity (Wildman–Crippen MR) is 104 cm³/mol. The lowest BCUT2D eigenvalue weighted by Gasteiger charge is -2.58. The van der Waals surface area contributed by atoms with Gasteiger partial charge >= 0.3 is 11.9 Å². The molecule has 0 aliphatic heterocycles. The van der Waals surface area contributed by atoms with E-state index >= 15 is 0 Å². The number of carboxylic acid groups (broad SMARTS) is 2. The van der Waals surface area contributed by atoms with Crippen LogP contribution in [0.1, 0.15) is 58.8 Å². The number of aromatic nitrogens is 2. The van der Waals surface area contributed by atoms with E-state index < -0.39 is 17.4 Å². The molecule has 6 nitrogen and oxygen atoms in total. The van der Waals surface area contributed by atoms with Gasteiger partial charge in [0.1, 0.15) is 0 Å². The summed E-state index contributed by atoms with van der Waals surface area (Å²) in [5.41, 5.74) is 0.943. The van der Waals surface area contributed by atoms with E-state index in [2.05, 4.69) is 22.6 Å². The van der Waals surface area contributed by atoms with Gasteiger partial charge in [-0.3, -0.25) is 9.59 Å². The number of nitrogens with zero attached hydrogens (tertiary/aromatic N) is 2. The fourth-order valence-electron chi connectivity index (χ4n) is 7.03. The fourth-order valence-corrected chi connectivity index (χ4v) is 7.03. The van der Waals surface area contributed by atoms with Gasteiger partial charge in [-0.25, -0.2) is 4.98 Å². The van der Waals surface area contributed by atoms with Crippen LogP contribution in [-0.2, 0) is 9.59 Å². The van der Waals surface area contributed by atoms with Crippen molar-refractivity contribution in [3.63, 3.8) is 0 Å². The molecule has 152 valence electrons. The molecule has 2 saturated carbocycles. The molecule has 6 unspecified atom stereocenters. The van der Waals surface area contributed by atoms with Gasteiger partial charge in [-0.1, -0.05) is 19.9 Å². The standard InChI is InChI=1S/C22H30N2O4/c1-21-8-7-17-15(16(21)5-6-18(21)24-10-9-23-13-24)4-3-14(11-19(25)26)22(17,2)12-20(27)28/h6,9-10,13-17H,3-5,7-8,11-12H2,1-2H3,(H,25,26)(H,27,28). The first-order valence-corrected chi connectivity index (χ1v) is 10.4. The maximum Gasteiger partial charge on any atom is 0.303 e. The average Bonchev–Trinajstić information content (AvgIpc) is 3.23. The second-order valence-electron chi connectivity index (χ2n) is 9.58. The Labute approximate surface area is 165 Å². The molecule has 0 spiro atoms. The lowest BCUT2D eigenvalue weighted by atomic mass is 9.46. The normalized spacial score (nSPS) is 39.7. The largest absolute Gasteiger partial charge is 0.481 e. The van der Waals surface area contributed by atoms with Crippen molar-refractivity contribution in [2.75, 3.05) is 0 Å². The highest BCUT2D eigenvalue weighted by atomic mass is 16.4. The van der Waals surface area contributed by atoms with E-state index in [1.54, 1.807) is 0 Å². The molecule has 0 bridgehead atoms. The molecule has 0 radical (unpaired) electrons. The summed E-state index contributed by atoms with van der Waals surface area (Å²) in [7, 11) is 0. The second-order valence-corrected chi connectivity index (χ2v) is 9.58. The van der Waals surface area contributed by atoms with Gasteiger partial charge in [-0.15, -0.1) is 0 Å². The summed E-state index contributed by atoms with van der Waals surface area (Å²) in [6.45, 7) is 4.40. The molecular weight excluding hydrogens is 356 g/mol. The molecule has 0 aromatic carbocycles. The average molecular weight is 386 g/mol. The Balaban J connectivity index is 1.64. The van der Waals surface area contributed by atoms with Crippen molar-refractivity contribution in [2.24, 2.45) is 34.5 Å². The number of carbonyl (C=O) groups is 2. The van der Waals surface area contributed by atoms with E-state index in [-0.39, 0.29) is 30.1 Å². The summed E-state index contributed by atoms with van der Waals surface area (Å²) in [6.07, 6.45) is 13.0. The van der Waals surface area contributed by atoms with E-state index in [0.29, 0.717) is 11.8 Å². The van der Waals surface area contributed by atoms with Gasteiger partial charge in [0.15, 0.2) is 0 Å². The van der Waals surface area contributed by atoms with Crippen molar-refractivity contribution in [3.8, 4) is 0 Å². The lowest BCUT2D eigenvalue weighted by Crippen LogP contribution is -2.52. The number of aliphatic carboxylic acids is 2. The summed E-state index contributed by atoms with van der Waals surface area (Å²) in [6, 6.07) is 0. The molecule has 3 aliphatic carbocycles. The van der Waals surface area contributed by atoms with Crippen LogP contribution in [0, 0.1) is 34.5 Å². The second kappa shape index (κ2) is 6.75. The van der Waals surface area contributed by atoms with Crippen molar-refractivity contribution < 1.29 is 19.8 Å². The van der Waals surface area contributed by atoms with Gasteiger partial charge in [-0.05, 0) is 61.2 Å². The number of rotatable bonds is 5. The third kappa shape index (κ3) is 2.88. The molecule has 6 atom stereocenters. The van der Waals surface area contributed by atoms with Crippen molar-refractivity contribution >= 4 is 17.6 Å². The van der Waals surface area contributed by atoms with Crippen LogP contribution in [0.5, 0.6) is 0 Å². The Morgan fingerprint density at radius 2 is 1.96 bits per heavy atom. The van der Waals surface area contributed by atoms with Crippen LogP contribution >= 0.6 is 0 Å². The number of carboxylic acids is 2. The van der Waals surface area contributed by atoms with E-state index in [0.717, 1.165) is 32.1 Å². The van der Waals surface area contributed by atoms with Gasteiger partial charge in [0.25, 0.3) is 0 Å². The van der Waals surface area contributed by atoms with Crippen LogP contribution in [-0.4, -0.2) is 31.7 Å². The van der Waals surface area contributed by atoms with Crippen molar-refractivity contribution in [1.29, 1.82) is 0 Å². The topological polar surface area (TPSA) is 92.4 Å². The monoisotopic (exact) mass is 386 g/mol. The molecule has 1 heterocycles. The molecule has 1 aromatic heterocycles. The minimum Gasteiger partial charge on any atom is -0.481 e. The molecule has 3 aliphatic rings. The molecule has 0 saturated heterocycles. The van der Waals surface area contributed by atoms with Crippen LogP contribution in [0.25, 0.3) is 5.70 Å². The van der Waals surface area contributed by atoms with Crippen LogP contribution < -0.4 is 0 Å². The van der Waals surface area contributed by atoms with Gasteiger partial charge in [0, 0.05) is 29.9 Å². The zero-order valence-electron chi connectivity index (χ0n) is 16.7. The molecule has 28 heavy (non-hydrogen) atoms. The summed E-state index contributed by atoms with van der Waals surface area (Å²) in [5, 5.41) is 19.0. The van der Waals surface area contributed by atoms with Gasteiger partial charge in [0.2, 0.25) is 0 Å². The fraction of sp³-hybridized carbons (Fsp3) is 0.682. The summed E-state index contributed by atoms with van der Waals surface area (Å²) < 4.78 is 2.13. The molecule has 4 rings (SSSR count). The zero-order valence-corrected chi connectivity index (χ0v) is 16.7. The molecule has 2 fully saturated rings. The van der Waals surface area contributed by atoms with Crippen LogP contribution in [0.3, 0.4) is 0 Å². The van der Waals surface area contributed by atoms with Crippen molar-refractivity contribution in [2.45, 2.75) is 58.8 Å². The molecule has 1 aromatic rings. The lowest BCUT2D eigenvalue weighted by molar-refractivity contribution is -0.153. The summed E-state index contributed by atoms with van der Waals surface area (Å²) in [5.74, 6) is -0.473. The number of fused-ring (bicyclic) bond motifs is 3. The van der Waals surface area contributed by atoms with Gasteiger partial charge in [0.05, 0.1) is 12.7 Å². The van der Waals surface area contributed by atoms with Crippen molar-refractivity contribution in [3.05, 3.63) is 24.8 Å². The highest BCUT2D eigenvalue weighted by Crippen LogP contribution is 2.65. The quantitative estimate of drug-likeness (QED) is 0.793. The Hall–Kier alpha value is -2.11. The molecule has 6 heteroatoms. The first-order valence-electron chi connectivity index (χ1n) is 10.4. The number of hydrogen-bond acceptors (Lipinski definition) is 3.